The van der Waals surface area contributed by atoms with E-state index in [9.17, 15) is 4.79 Å². The van der Waals surface area contributed by atoms with Crippen molar-refractivity contribution >= 4 is 21.8 Å². The minimum absolute atomic E-state index is 0.0766. The molecule has 12 heavy (non-hydrogen) atoms. The van der Waals surface area contributed by atoms with E-state index in [0.717, 1.165) is 6.42 Å². The highest BCUT2D eigenvalue weighted by Gasteiger charge is 2.24. The number of nitrogens with one attached hydrogen (secondary N) is 1. The highest BCUT2D eigenvalue weighted by atomic mass is 79.9. The topological polar surface area (TPSA) is 29.1 Å². The minimum atomic E-state index is -0.544. The number of hydrogen-bond donors (Lipinski definition) is 1. The van der Waals surface area contributed by atoms with E-state index in [1.807, 2.05) is 6.92 Å². The maximum Gasteiger partial charge on any atom is 0.237 e. The molecule has 0 aliphatic rings. The lowest BCUT2D eigenvalue weighted by Gasteiger charge is -2.18. The summed E-state index contributed by atoms with van der Waals surface area (Å²) in [5.41, 5.74) is 0. The fraction of sp³-hybridized carbons (Fsp3) is 0.667. The van der Waals surface area contributed by atoms with Crippen LogP contribution in [0.15, 0.2) is 0 Å². The van der Waals surface area contributed by atoms with Crippen LogP contribution in [0.25, 0.3) is 0 Å². The van der Waals surface area contributed by atoms with Gasteiger partial charge >= 0.3 is 0 Å². The molecular weight excluding hydrogens is 218 g/mol. The molecule has 0 saturated carbocycles. The van der Waals surface area contributed by atoms with Gasteiger partial charge < -0.3 is 5.32 Å². The number of amides is 1. The van der Waals surface area contributed by atoms with Crippen molar-refractivity contribution in [2.45, 2.75) is 37.6 Å². The summed E-state index contributed by atoms with van der Waals surface area (Å²) in [6.45, 7) is 5.50. The van der Waals surface area contributed by atoms with Crippen LogP contribution in [0.4, 0.5) is 0 Å². The first-order valence-electron chi connectivity index (χ1n) is 3.87. The van der Waals surface area contributed by atoms with Crippen molar-refractivity contribution in [2.24, 2.45) is 0 Å². The fourth-order valence-corrected chi connectivity index (χ4v) is 0.706. The van der Waals surface area contributed by atoms with Crippen LogP contribution in [0.5, 0.6) is 0 Å². The molecule has 0 radical (unpaired) electrons. The van der Waals surface area contributed by atoms with Gasteiger partial charge in [-0.05, 0) is 20.3 Å². The summed E-state index contributed by atoms with van der Waals surface area (Å²) < 4.78 is -0.544. The molecule has 0 aromatic heterocycles. The van der Waals surface area contributed by atoms with Gasteiger partial charge in [0, 0.05) is 0 Å². The third kappa shape index (κ3) is 3.77. The molecule has 3 heteroatoms. The lowest BCUT2D eigenvalue weighted by molar-refractivity contribution is -0.122. The van der Waals surface area contributed by atoms with E-state index in [0.29, 0.717) is 0 Å². The Morgan fingerprint density at radius 3 is 2.50 bits per heavy atom. The number of halogens is 1. The highest BCUT2D eigenvalue weighted by molar-refractivity contribution is 9.10. The van der Waals surface area contributed by atoms with Crippen LogP contribution in [0.3, 0.4) is 0 Å². The molecule has 1 atom stereocenters. The minimum Gasteiger partial charge on any atom is -0.341 e. The van der Waals surface area contributed by atoms with E-state index in [-0.39, 0.29) is 11.9 Å². The molecule has 0 aromatic rings. The average molecular weight is 232 g/mol. The predicted octanol–water partition coefficient (Wildman–Crippen LogP) is 1.69. The number of carbonyl (C=O) groups excluding carboxylic acids is 1. The average Bonchev–Trinajstić information content (AvgIpc) is 1.97. The van der Waals surface area contributed by atoms with Gasteiger partial charge in [-0.3, -0.25) is 4.79 Å². The monoisotopic (exact) mass is 231 g/mol. The van der Waals surface area contributed by atoms with E-state index in [2.05, 4.69) is 27.2 Å². The Morgan fingerprint density at radius 2 is 2.25 bits per heavy atom. The maximum atomic E-state index is 11.3. The van der Waals surface area contributed by atoms with Gasteiger partial charge in [0.05, 0.1) is 10.4 Å². The van der Waals surface area contributed by atoms with Crippen molar-refractivity contribution in [2.75, 3.05) is 0 Å². The fourth-order valence-electron chi connectivity index (χ4n) is 0.591. The van der Waals surface area contributed by atoms with Gasteiger partial charge in [0.1, 0.15) is 0 Å². The molecule has 68 valence electrons. The summed E-state index contributed by atoms with van der Waals surface area (Å²) in [6.07, 6.45) is 5.95. The molecule has 0 aliphatic carbocycles. The first-order valence-corrected chi connectivity index (χ1v) is 4.67. The van der Waals surface area contributed by atoms with Gasteiger partial charge in [0.25, 0.3) is 0 Å². The van der Waals surface area contributed by atoms with E-state index < -0.39 is 4.32 Å². The molecule has 2 nitrogen and oxygen atoms in total. The Balaban J connectivity index is 4.11. The Bertz CT molecular complexity index is 200. The summed E-state index contributed by atoms with van der Waals surface area (Å²) in [6, 6.07) is -0.158. The van der Waals surface area contributed by atoms with Gasteiger partial charge in [-0.2, -0.15) is 0 Å². The first-order chi connectivity index (χ1) is 5.41. The van der Waals surface area contributed by atoms with Crippen LogP contribution in [0, 0.1) is 12.3 Å². The summed E-state index contributed by atoms with van der Waals surface area (Å²) >= 11 is 3.25. The van der Waals surface area contributed by atoms with E-state index in [4.69, 9.17) is 6.42 Å². The lowest BCUT2D eigenvalue weighted by atomic mass is 10.1. The van der Waals surface area contributed by atoms with E-state index >= 15 is 0 Å². The zero-order valence-corrected chi connectivity index (χ0v) is 9.23. The van der Waals surface area contributed by atoms with Crippen molar-refractivity contribution < 1.29 is 4.79 Å². The van der Waals surface area contributed by atoms with Gasteiger partial charge in [-0.1, -0.05) is 28.8 Å². The third-order valence-corrected chi connectivity index (χ3v) is 1.81. The largest absolute Gasteiger partial charge is 0.341 e. The van der Waals surface area contributed by atoms with Crippen molar-refractivity contribution in [3.8, 4) is 12.3 Å². The molecule has 1 N–H and O–H groups in total. The maximum absolute atomic E-state index is 11.3. The number of rotatable bonds is 3. The molecule has 0 fully saturated rings. The number of terminal acetylenes is 1. The van der Waals surface area contributed by atoms with Crippen LogP contribution < -0.4 is 5.32 Å². The normalized spacial score (nSPS) is 13.2. The number of carbonyl (C=O) groups is 1. The molecule has 0 rings (SSSR count). The molecule has 0 spiro atoms. The van der Waals surface area contributed by atoms with E-state index in [1.165, 1.54) is 0 Å². The summed E-state index contributed by atoms with van der Waals surface area (Å²) in [7, 11) is 0. The van der Waals surface area contributed by atoms with Crippen molar-refractivity contribution in [1.82, 2.24) is 5.32 Å². The summed E-state index contributed by atoms with van der Waals surface area (Å²) in [5.74, 6) is 2.43. The number of hydrogen-bond acceptors (Lipinski definition) is 1. The first kappa shape index (κ1) is 11.5. The Morgan fingerprint density at radius 1 is 1.75 bits per heavy atom. The van der Waals surface area contributed by atoms with Crippen LogP contribution in [-0.2, 0) is 4.79 Å². The second-order valence-corrected chi connectivity index (χ2v) is 5.06. The van der Waals surface area contributed by atoms with Gasteiger partial charge in [0.15, 0.2) is 0 Å². The summed E-state index contributed by atoms with van der Waals surface area (Å²) in [4.78, 5) is 11.3. The van der Waals surface area contributed by atoms with Crippen LogP contribution in [0.1, 0.15) is 27.2 Å². The second-order valence-electron chi connectivity index (χ2n) is 3.07. The van der Waals surface area contributed by atoms with Gasteiger partial charge in [-0.25, -0.2) is 0 Å². The predicted molar refractivity (Wildman–Crippen MR) is 54.1 cm³/mol. The smallest absolute Gasteiger partial charge is 0.237 e. The van der Waals surface area contributed by atoms with Gasteiger partial charge in [0.2, 0.25) is 5.91 Å². The Hall–Kier alpha value is -0.490. The van der Waals surface area contributed by atoms with Crippen LogP contribution in [0.2, 0.25) is 0 Å². The quantitative estimate of drug-likeness (QED) is 0.582. The Labute approximate surface area is 82.2 Å². The molecule has 0 bridgehead atoms. The molecule has 0 saturated heterocycles. The molecule has 1 amide bonds. The third-order valence-electron chi connectivity index (χ3n) is 1.45. The van der Waals surface area contributed by atoms with Crippen molar-refractivity contribution in [3.05, 3.63) is 0 Å². The van der Waals surface area contributed by atoms with Crippen LogP contribution >= 0.6 is 15.9 Å². The zero-order valence-electron chi connectivity index (χ0n) is 7.65. The molecule has 0 aliphatic heterocycles. The molecular formula is C9H14BrNO. The summed E-state index contributed by atoms with van der Waals surface area (Å²) in [5, 5.41) is 2.73. The SMILES string of the molecule is C#CC(CC)NC(=O)C(C)(C)Br. The van der Waals surface area contributed by atoms with E-state index in [1.54, 1.807) is 13.8 Å². The number of alkyl halides is 1. The second kappa shape index (κ2) is 4.51. The molecule has 1 unspecified atom stereocenters. The zero-order chi connectivity index (χ0) is 9.78. The van der Waals surface area contributed by atoms with Gasteiger partial charge in [-0.15, -0.1) is 6.42 Å². The molecule has 0 aromatic carbocycles. The van der Waals surface area contributed by atoms with Crippen LogP contribution in [-0.4, -0.2) is 16.3 Å². The van der Waals surface area contributed by atoms with Crippen molar-refractivity contribution in [1.29, 1.82) is 0 Å². The Kier molecular flexibility index (Phi) is 4.33. The van der Waals surface area contributed by atoms with Crippen molar-refractivity contribution in [3.63, 3.8) is 0 Å². The molecule has 0 heterocycles. The lowest BCUT2D eigenvalue weighted by Crippen LogP contribution is -2.42. The highest BCUT2D eigenvalue weighted by Crippen LogP contribution is 2.15. The standard InChI is InChI=1S/C9H14BrNO/c1-5-7(6-2)11-8(12)9(3,4)10/h1,7H,6H2,2-4H3,(H,11,12).